The topological polar surface area (TPSA) is 50.7 Å². The summed E-state index contributed by atoms with van der Waals surface area (Å²) in [6, 6.07) is 0. The third-order valence-electron chi connectivity index (χ3n) is 2.44. The maximum Gasteiger partial charge on any atom is 0.191 e. The Kier molecular flexibility index (Phi) is 4.76. The summed E-state index contributed by atoms with van der Waals surface area (Å²) in [4.78, 5) is 13.3. The highest BCUT2D eigenvalue weighted by atomic mass is 79.9. The summed E-state index contributed by atoms with van der Waals surface area (Å²) >= 11 is 10.9. The van der Waals surface area contributed by atoms with E-state index in [0.717, 1.165) is 27.5 Å². The summed E-state index contributed by atoms with van der Waals surface area (Å²) < 4.78 is 1.55. The van der Waals surface area contributed by atoms with Crippen molar-refractivity contribution in [2.75, 3.05) is 11.9 Å². The molecule has 1 N–H and O–H groups in total. The molecular formula is C12H14BrClN4S. The Labute approximate surface area is 129 Å². The molecule has 0 spiro atoms. The molecular weight excluding hydrogens is 348 g/mol. The van der Waals surface area contributed by atoms with E-state index in [1.807, 2.05) is 6.92 Å². The van der Waals surface area contributed by atoms with Gasteiger partial charge in [-0.2, -0.15) is 0 Å². The summed E-state index contributed by atoms with van der Waals surface area (Å²) in [5.74, 6) is 1.70. The van der Waals surface area contributed by atoms with Gasteiger partial charge in [0.25, 0.3) is 0 Å². The van der Waals surface area contributed by atoms with Crippen LogP contribution in [-0.4, -0.2) is 21.5 Å². The predicted molar refractivity (Wildman–Crippen MR) is 84.1 cm³/mol. The number of nitrogens with one attached hydrogen (secondary N) is 1. The van der Waals surface area contributed by atoms with Crippen molar-refractivity contribution in [3.8, 4) is 10.8 Å². The molecule has 2 heterocycles. The average molecular weight is 362 g/mol. The summed E-state index contributed by atoms with van der Waals surface area (Å²) in [6.07, 6.45) is 1.62. The summed E-state index contributed by atoms with van der Waals surface area (Å²) in [6.45, 7) is 7.03. The van der Waals surface area contributed by atoms with Crippen LogP contribution in [-0.2, 0) is 0 Å². The third-order valence-corrected chi connectivity index (χ3v) is 4.33. The molecule has 4 nitrogen and oxygen atoms in total. The van der Waals surface area contributed by atoms with Crippen LogP contribution in [0.5, 0.6) is 0 Å². The molecule has 0 saturated carbocycles. The molecule has 0 aliphatic heterocycles. The molecule has 0 amide bonds. The van der Waals surface area contributed by atoms with Gasteiger partial charge in [-0.05, 0) is 28.8 Å². The molecule has 0 saturated heterocycles. The maximum absolute atomic E-state index is 5.92. The van der Waals surface area contributed by atoms with Crippen molar-refractivity contribution >= 4 is 44.7 Å². The SMILES string of the molecule is CCNc1nc(-c2ncc(Cl)s2)nc(C(C)C)c1Br. The van der Waals surface area contributed by atoms with Gasteiger partial charge >= 0.3 is 0 Å². The van der Waals surface area contributed by atoms with E-state index in [-0.39, 0.29) is 0 Å². The first-order valence-corrected chi connectivity index (χ1v) is 7.94. The monoisotopic (exact) mass is 360 g/mol. The number of hydrogen-bond acceptors (Lipinski definition) is 5. The van der Waals surface area contributed by atoms with Crippen molar-refractivity contribution in [3.05, 3.63) is 20.7 Å². The highest BCUT2D eigenvalue weighted by molar-refractivity contribution is 9.10. The molecule has 7 heteroatoms. The Morgan fingerprint density at radius 1 is 1.42 bits per heavy atom. The van der Waals surface area contributed by atoms with Crippen LogP contribution in [0.1, 0.15) is 32.4 Å². The second-order valence-electron chi connectivity index (χ2n) is 4.25. The fourth-order valence-electron chi connectivity index (χ4n) is 1.59. The molecule has 2 aromatic heterocycles. The highest BCUT2D eigenvalue weighted by Crippen LogP contribution is 2.33. The van der Waals surface area contributed by atoms with Gasteiger partial charge in [0, 0.05) is 6.54 Å². The molecule has 0 fully saturated rings. The summed E-state index contributed by atoms with van der Waals surface area (Å²) in [7, 11) is 0. The Morgan fingerprint density at radius 3 is 2.68 bits per heavy atom. The van der Waals surface area contributed by atoms with Crippen LogP contribution in [0.3, 0.4) is 0 Å². The van der Waals surface area contributed by atoms with E-state index in [1.54, 1.807) is 6.20 Å². The molecule has 2 rings (SSSR count). The zero-order chi connectivity index (χ0) is 14.0. The second-order valence-corrected chi connectivity index (χ2v) is 6.70. The third kappa shape index (κ3) is 3.24. The summed E-state index contributed by atoms with van der Waals surface area (Å²) in [5.41, 5.74) is 0.965. The van der Waals surface area contributed by atoms with Crippen molar-refractivity contribution in [2.24, 2.45) is 0 Å². The maximum atomic E-state index is 5.92. The molecule has 0 atom stereocenters. The minimum Gasteiger partial charge on any atom is -0.369 e. The van der Waals surface area contributed by atoms with Gasteiger partial charge in [0.2, 0.25) is 0 Å². The number of aromatic nitrogens is 3. The van der Waals surface area contributed by atoms with Crippen LogP contribution < -0.4 is 5.32 Å². The average Bonchev–Trinajstić information content (AvgIpc) is 2.78. The lowest BCUT2D eigenvalue weighted by Gasteiger charge is -2.13. The number of anilines is 1. The Bertz CT molecular complexity index is 585. The van der Waals surface area contributed by atoms with Gasteiger partial charge in [-0.25, -0.2) is 15.0 Å². The Morgan fingerprint density at radius 2 is 2.16 bits per heavy atom. The number of thiazole rings is 1. The minimum absolute atomic E-state index is 0.295. The first-order valence-electron chi connectivity index (χ1n) is 5.96. The van der Waals surface area contributed by atoms with E-state index < -0.39 is 0 Å². The van der Waals surface area contributed by atoms with Gasteiger partial charge in [0.05, 0.1) is 16.4 Å². The van der Waals surface area contributed by atoms with Gasteiger partial charge in [-0.3, -0.25) is 0 Å². The van der Waals surface area contributed by atoms with E-state index in [1.165, 1.54) is 11.3 Å². The van der Waals surface area contributed by atoms with Crippen molar-refractivity contribution in [1.29, 1.82) is 0 Å². The van der Waals surface area contributed by atoms with Gasteiger partial charge in [-0.1, -0.05) is 36.8 Å². The standard InChI is InChI=1S/C12H14BrClN4S/c1-4-15-10-8(13)9(6(2)3)17-11(18-10)12-16-5-7(14)19-12/h5-6H,4H2,1-3H3,(H,15,17,18). The number of rotatable bonds is 4. The molecule has 0 bridgehead atoms. The van der Waals surface area contributed by atoms with Crippen LogP contribution in [0.4, 0.5) is 5.82 Å². The van der Waals surface area contributed by atoms with Crippen molar-refractivity contribution in [1.82, 2.24) is 15.0 Å². The highest BCUT2D eigenvalue weighted by Gasteiger charge is 2.17. The fraction of sp³-hybridized carbons (Fsp3) is 0.417. The molecule has 102 valence electrons. The van der Waals surface area contributed by atoms with E-state index in [0.29, 0.717) is 16.1 Å². The number of nitrogens with zero attached hydrogens (tertiary/aromatic N) is 3. The van der Waals surface area contributed by atoms with Crippen molar-refractivity contribution in [2.45, 2.75) is 26.7 Å². The Balaban J connectivity index is 2.55. The lowest BCUT2D eigenvalue weighted by molar-refractivity contribution is 0.809. The van der Waals surface area contributed by atoms with Gasteiger partial charge < -0.3 is 5.32 Å². The molecule has 2 aromatic rings. The molecule has 0 aliphatic carbocycles. The van der Waals surface area contributed by atoms with Crippen LogP contribution in [0.15, 0.2) is 10.7 Å². The zero-order valence-electron chi connectivity index (χ0n) is 10.9. The largest absolute Gasteiger partial charge is 0.369 e. The van der Waals surface area contributed by atoms with Gasteiger partial charge in [0.15, 0.2) is 10.8 Å². The lowest BCUT2D eigenvalue weighted by Crippen LogP contribution is -2.07. The minimum atomic E-state index is 0.295. The van der Waals surface area contributed by atoms with E-state index >= 15 is 0 Å². The van der Waals surface area contributed by atoms with E-state index in [4.69, 9.17) is 11.6 Å². The van der Waals surface area contributed by atoms with Crippen LogP contribution in [0, 0.1) is 0 Å². The van der Waals surface area contributed by atoms with E-state index in [9.17, 15) is 0 Å². The molecule has 0 unspecified atom stereocenters. The first kappa shape index (κ1) is 14.7. The van der Waals surface area contributed by atoms with Crippen molar-refractivity contribution in [3.63, 3.8) is 0 Å². The molecule has 0 radical (unpaired) electrons. The fourth-order valence-corrected chi connectivity index (χ4v) is 3.21. The smallest absolute Gasteiger partial charge is 0.191 e. The quantitative estimate of drug-likeness (QED) is 0.866. The zero-order valence-corrected chi connectivity index (χ0v) is 14.0. The second kappa shape index (κ2) is 6.15. The van der Waals surface area contributed by atoms with Crippen LogP contribution >= 0.6 is 38.9 Å². The normalized spacial score (nSPS) is 11.1. The first-order chi connectivity index (χ1) is 9.02. The Hall–Kier alpha value is -0.720. The van der Waals surface area contributed by atoms with E-state index in [2.05, 4.69) is 50.0 Å². The van der Waals surface area contributed by atoms with Crippen molar-refractivity contribution < 1.29 is 0 Å². The predicted octanol–water partition coefficient (Wildman–Crippen LogP) is 4.57. The summed E-state index contributed by atoms with van der Waals surface area (Å²) in [5, 5.41) is 3.97. The lowest BCUT2D eigenvalue weighted by atomic mass is 10.1. The molecule has 0 aromatic carbocycles. The number of hydrogen-bond donors (Lipinski definition) is 1. The van der Waals surface area contributed by atoms with Crippen LogP contribution in [0.2, 0.25) is 4.34 Å². The molecule has 0 aliphatic rings. The van der Waals surface area contributed by atoms with Crippen LogP contribution in [0.25, 0.3) is 10.8 Å². The van der Waals surface area contributed by atoms with Gasteiger partial charge in [-0.15, -0.1) is 0 Å². The molecule has 19 heavy (non-hydrogen) atoms. The van der Waals surface area contributed by atoms with Gasteiger partial charge in [0.1, 0.15) is 10.2 Å². The number of halogens is 2.